The predicted molar refractivity (Wildman–Crippen MR) is 71.1 cm³/mol. The molecule has 0 bridgehead atoms. The van der Waals surface area contributed by atoms with Gasteiger partial charge in [0.25, 0.3) is 0 Å². The number of nitrogens with one attached hydrogen (secondary N) is 1. The first-order valence-corrected chi connectivity index (χ1v) is 6.55. The molecule has 102 valence electrons. The molecule has 0 amide bonds. The summed E-state index contributed by atoms with van der Waals surface area (Å²) < 4.78 is 4.94. The lowest BCUT2D eigenvalue weighted by atomic mass is 10.2. The number of nitrogens with zero attached hydrogens (tertiary/aromatic N) is 1. The zero-order chi connectivity index (χ0) is 13.4. The smallest absolute Gasteiger partial charge is 0.322 e. The first-order chi connectivity index (χ1) is 7.90. The minimum Gasteiger partial charge on any atom is -0.465 e. The molecule has 1 atom stereocenters. The zero-order valence-electron chi connectivity index (χ0n) is 12.1. The summed E-state index contributed by atoms with van der Waals surface area (Å²) in [5.74, 6) is -0.173. The van der Waals surface area contributed by atoms with E-state index in [4.69, 9.17) is 4.74 Å². The summed E-state index contributed by atoms with van der Waals surface area (Å²) in [7, 11) is 0. The first kappa shape index (κ1) is 16.4. The van der Waals surface area contributed by atoms with Crippen LogP contribution >= 0.6 is 0 Å². The van der Waals surface area contributed by atoms with Crippen LogP contribution in [0.4, 0.5) is 0 Å². The summed E-state index contributed by atoms with van der Waals surface area (Å²) in [5, 5.41) is 3.19. The van der Waals surface area contributed by atoms with E-state index in [1.54, 1.807) is 0 Å². The van der Waals surface area contributed by atoms with Crippen molar-refractivity contribution in [1.82, 2.24) is 10.2 Å². The minimum atomic E-state index is -0.226. The van der Waals surface area contributed by atoms with Gasteiger partial charge in [-0.1, -0.05) is 0 Å². The van der Waals surface area contributed by atoms with E-state index in [2.05, 4.69) is 37.9 Å². The van der Waals surface area contributed by atoms with E-state index in [0.717, 1.165) is 13.1 Å². The van der Waals surface area contributed by atoms with Gasteiger partial charge in [0.2, 0.25) is 0 Å². The average molecular weight is 244 g/mol. The Labute approximate surface area is 106 Å². The van der Waals surface area contributed by atoms with Crippen LogP contribution in [0.15, 0.2) is 0 Å². The Balaban J connectivity index is 3.92. The van der Waals surface area contributed by atoms with Crippen LogP contribution in [0, 0.1) is 0 Å². The second-order valence-corrected chi connectivity index (χ2v) is 4.85. The van der Waals surface area contributed by atoms with Gasteiger partial charge in [0.15, 0.2) is 0 Å². The van der Waals surface area contributed by atoms with Gasteiger partial charge in [0.05, 0.1) is 6.61 Å². The van der Waals surface area contributed by atoms with Crippen molar-refractivity contribution in [2.45, 2.75) is 59.7 Å². The van der Waals surface area contributed by atoms with Crippen LogP contribution in [0.25, 0.3) is 0 Å². The fourth-order valence-corrected chi connectivity index (χ4v) is 1.87. The quantitative estimate of drug-likeness (QED) is 0.659. The topological polar surface area (TPSA) is 41.6 Å². The van der Waals surface area contributed by atoms with E-state index in [-0.39, 0.29) is 12.0 Å². The van der Waals surface area contributed by atoms with Crippen LogP contribution in [0.5, 0.6) is 0 Å². The van der Waals surface area contributed by atoms with Gasteiger partial charge in [-0.15, -0.1) is 0 Å². The van der Waals surface area contributed by atoms with Crippen LogP contribution < -0.4 is 5.32 Å². The molecular weight excluding hydrogens is 216 g/mol. The summed E-state index contributed by atoms with van der Waals surface area (Å²) >= 11 is 0. The number of hydrogen-bond donors (Lipinski definition) is 1. The van der Waals surface area contributed by atoms with Crippen LogP contribution in [0.1, 0.15) is 41.5 Å². The van der Waals surface area contributed by atoms with Gasteiger partial charge in [-0.2, -0.15) is 0 Å². The van der Waals surface area contributed by atoms with Crippen LogP contribution in [-0.2, 0) is 9.53 Å². The second kappa shape index (κ2) is 8.48. The van der Waals surface area contributed by atoms with Gasteiger partial charge >= 0.3 is 5.97 Å². The van der Waals surface area contributed by atoms with Gasteiger partial charge in [0, 0.05) is 25.2 Å². The first-order valence-electron chi connectivity index (χ1n) is 6.55. The molecule has 0 aromatic carbocycles. The lowest BCUT2D eigenvalue weighted by molar-refractivity contribution is -0.145. The Morgan fingerprint density at radius 2 is 1.71 bits per heavy atom. The molecule has 0 radical (unpaired) electrons. The second-order valence-electron chi connectivity index (χ2n) is 4.85. The third-order valence-corrected chi connectivity index (χ3v) is 2.79. The highest BCUT2D eigenvalue weighted by atomic mass is 16.5. The summed E-state index contributed by atoms with van der Waals surface area (Å²) in [6.07, 6.45) is 0. The van der Waals surface area contributed by atoms with Crippen molar-refractivity contribution >= 4 is 5.97 Å². The van der Waals surface area contributed by atoms with Crippen molar-refractivity contribution < 1.29 is 9.53 Å². The van der Waals surface area contributed by atoms with E-state index in [0.29, 0.717) is 18.7 Å². The maximum atomic E-state index is 11.4. The monoisotopic (exact) mass is 244 g/mol. The predicted octanol–water partition coefficient (Wildman–Crippen LogP) is 1.65. The normalized spacial score (nSPS) is 13.5. The van der Waals surface area contributed by atoms with E-state index in [9.17, 15) is 4.79 Å². The van der Waals surface area contributed by atoms with Gasteiger partial charge in [-0.25, -0.2) is 0 Å². The summed E-state index contributed by atoms with van der Waals surface area (Å²) in [6, 6.07) is 0.820. The fourth-order valence-electron chi connectivity index (χ4n) is 1.87. The highest BCUT2D eigenvalue weighted by Crippen LogP contribution is 2.03. The molecule has 0 fully saturated rings. The number of rotatable bonds is 8. The maximum Gasteiger partial charge on any atom is 0.322 e. The standard InChI is InChI=1S/C13H28N2O2/c1-7-17-13(16)12(6)14-8-9-15(10(2)3)11(4)5/h10-12,14H,7-9H2,1-6H3. The Hall–Kier alpha value is -0.610. The Morgan fingerprint density at radius 1 is 1.18 bits per heavy atom. The molecule has 1 unspecified atom stereocenters. The van der Waals surface area contributed by atoms with Crippen molar-refractivity contribution in [2.75, 3.05) is 19.7 Å². The highest BCUT2D eigenvalue weighted by molar-refractivity contribution is 5.75. The van der Waals surface area contributed by atoms with Crippen molar-refractivity contribution in [3.8, 4) is 0 Å². The lowest BCUT2D eigenvalue weighted by Crippen LogP contribution is -2.44. The third kappa shape index (κ3) is 6.64. The number of carbonyl (C=O) groups excluding carboxylic acids is 1. The van der Waals surface area contributed by atoms with Crippen LogP contribution in [-0.4, -0.2) is 48.7 Å². The van der Waals surface area contributed by atoms with Gasteiger partial charge in [-0.05, 0) is 41.5 Å². The molecule has 0 heterocycles. The molecule has 0 spiro atoms. The molecule has 0 aliphatic rings. The number of carbonyl (C=O) groups is 1. The number of esters is 1. The molecule has 0 aromatic rings. The van der Waals surface area contributed by atoms with E-state index < -0.39 is 0 Å². The molecule has 0 aliphatic heterocycles. The highest BCUT2D eigenvalue weighted by Gasteiger charge is 2.15. The van der Waals surface area contributed by atoms with Gasteiger partial charge in [-0.3, -0.25) is 9.69 Å². The summed E-state index contributed by atoms with van der Waals surface area (Å²) in [6.45, 7) is 14.6. The Kier molecular flexibility index (Phi) is 8.17. The third-order valence-electron chi connectivity index (χ3n) is 2.79. The number of ether oxygens (including phenoxy) is 1. The van der Waals surface area contributed by atoms with Crippen LogP contribution in [0.2, 0.25) is 0 Å². The van der Waals surface area contributed by atoms with E-state index in [1.807, 2.05) is 13.8 Å². The fraction of sp³-hybridized carbons (Fsp3) is 0.923. The van der Waals surface area contributed by atoms with Crippen molar-refractivity contribution in [3.05, 3.63) is 0 Å². The van der Waals surface area contributed by atoms with Gasteiger partial charge < -0.3 is 10.1 Å². The SMILES string of the molecule is CCOC(=O)C(C)NCCN(C(C)C)C(C)C. The zero-order valence-corrected chi connectivity index (χ0v) is 12.1. The molecule has 0 rings (SSSR count). The average Bonchev–Trinajstić information content (AvgIpc) is 2.23. The van der Waals surface area contributed by atoms with E-state index >= 15 is 0 Å². The molecule has 0 saturated heterocycles. The van der Waals surface area contributed by atoms with Crippen molar-refractivity contribution in [3.63, 3.8) is 0 Å². The molecule has 17 heavy (non-hydrogen) atoms. The summed E-state index contributed by atoms with van der Waals surface area (Å²) in [5.41, 5.74) is 0. The molecule has 0 aromatic heterocycles. The number of hydrogen-bond acceptors (Lipinski definition) is 4. The molecule has 4 heteroatoms. The minimum absolute atomic E-state index is 0.173. The summed E-state index contributed by atoms with van der Waals surface area (Å²) in [4.78, 5) is 13.8. The molecule has 0 aliphatic carbocycles. The van der Waals surface area contributed by atoms with Crippen LogP contribution in [0.3, 0.4) is 0 Å². The molecule has 4 nitrogen and oxygen atoms in total. The Morgan fingerprint density at radius 3 is 2.12 bits per heavy atom. The van der Waals surface area contributed by atoms with Crippen molar-refractivity contribution in [1.29, 1.82) is 0 Å². The Bertz CT molecular complexity index is 209. The van der Waals surface area contributed by atoms with Gasteiger partial charge in [0.1, 0.15) is 6.04 Å². The molecule has 1 N–H and O–H groups in total. The van der Waals surface area contributed by atoms with Crippen molar-refractivity contribution in [2.24, 2.45) is 0 Å². The largest absolute Gasteiger partial charge is 0.465 e. The molecular formula is C13H28N2O2. The van der Waals surface area contributed by atoms with E-state index in [1.165, 1.54) is 0 Å². The molecule has 0 saturated carbocycles. The maximum absolute atomic E-state index is 11.4. The lowest BCUT2D eigenvalue weighted by Gasteiger charge is -2.30.